The summed E-state index contributed by atoms with van der Waals surface area (Å²) in [6, 6.07) is 7.44. The molecule has 148 valence electrons. The molecule has 0 saturated carbocycles. The molecule has 0 bridgehead atoms. The molecule has 0 aliphatic carbocycles. The van der Waals surface area contributed by atoms with Gasteiger partial charge in [-0.1, -0.05) is 31.5 Å². The van der Waals surface area contributed by atoms with Crippen molar-refractivity contribution in [3.8, 4) is 0 Å². The van der Waals surface area contributed by atoms with Crippen molar-refractivity contribution >= 4 is 17.8 Å². The molecule has 2 amide bonds. The first-order valence-corrected chi connectivity index (χ1v) is 9.70. The highest BCUT2D eigenvalue weighted by Gasteiger charge is 2.35. The van der Waals surface area contributed by atoms with Crippen LogP contribution in [0.25, 0.3) is 0 Å². The Labute approximate surface area is 160 Å². The molecule has 1 aliphatic rings. The zero-order valence-corrected chi connectivity index (χ0v) is 16.5. The fraction of sp³-hybridized carbons (Fsp3) is 0.571. The van der Waals surface area contributed by atoms with E-state index in [0.29, 0.717) is 37.9 Å². The average molecular weight is 374 g/mol. The van der Waals surface area contributed by atoms with Gasteiger partial charge in [-0.2, -0.15) is 0 Å². The van der Waals surface area contributed by atoms with Crippen LogP contribution in [0.4, 0.5) is 0 Å². The van der Waals surface area contributed by atoms with Crippen molar-refractivity contribution in [2.45, 2.75) is 58.4 Å². The van der Waals surface area contributed by atoms with E-state index in [1.165, 1.54) is 0 Å². The number of aryl methyl sites for hydroxylation is 1. The maximum atomic E-state index is 12.8. The summed E-state index contributed by atoms with van der Waals surface area (Å²) in [6.07, 6.45) is 2.49. The van der Waals surface area contributed by atoms with Crippen molar-refractivity contribution < 1.29 is 19.5 Å². The maximum Gasteiger partial charge on any atom is 0.305 e. The van der Waals surface area contributed by atoms with Crippen molar-refractivity contribution in [3.05, 3.63) is 35.4 Å². The Morgan fingerprint density at radius 3 is 2.37 bits per heavy atom. The van der Waals surface area contributed by atoms with Gasteiger partial charge in [-0.15, -0.1) is 0 Å². The van der Waals surface area contributed by atoms with Gasteiger partial charge in [0.25, 0.3) is 5.91 Å². The summed E-state index contributed by atoms with van der Waals surface area (Å²) < 4.78 is 0. The molecule has 1 fully saturated rings. The van der Waals surface area contributed by atoms with Crippen molar-refractivity contribution in [2.24, 2.45) is 5.92 Å². The number of likely N-dealkylation sites (tertiary alicyclic amines) is 1. The van der Waals surface area contributed by atoms with E-state index >= 15 is 0 Å². The number of nitrogens with one attached hydrogen (secondary N) is 1. The predicted octanol–water partition coefficient (Wildman–Crippen LogP) is 3.00. The molecule has 1 aromatic carbocycles. The van der Waals surface area contributed by atoms with Crippen LogP contribution < -0.4 is 5.32 Å². The van der Waals surface area contributed by atoms with Crippen LogP contribution in [0.1, 0.15) is 61.9 Å². The first-order valence-electron chi connectivity index (χ1n) is 9.70. The highest BCUT2D eigenvalue weighted by atomic mass is 16.4. The lowest BCUT2D eigenvalue weighted by atomic mass is 9.87. The van der Waals surface area contributed by atoms with Crippen LogP contribution in [0.15, 0.2) is 24.3 Å². The first-order chi connectivity index (χ1) is 12.8. The summed E-state index contributed by atoms with van der Waals surface area (Å²) in [6.45, 7) is 6.76. The van der Waals surface area contributed by atoms with Gasteiger partial charge >= 0.3 is 5.97 Å². The molecule has 6 heteroatoms. The number of rotatable bonds is 7. The molecule has 1 heterocycles. The molecule has 1 aromatic rings. The number of benzene rings is 1. The quantitative estimate of drug-likeness (QED) is 0.768. The van der Waals surface area contributed by atoms with E-state index in [1.54, 1.807) is 4.90 Å². The first kappa shape index (κ1) is 20.9. The number of nitrogens with zero attached hydrogens (tertiary/aromatic N) is 1. The molecular weight excluding hydrogens is 344 g/mol. The standard InChI is InChI=1S/C21H30N2O4/c1-4-21(5-2,13-18(24)25)22-19(26)17-7-6-12-23(14-17)20(27)16-10-8-15(3)9-11-16/h8-11,17H,4-7,12-14H2,1-3H3,(H,22,26)(H,24,25). The minimum Gasteiger partial charge on any atom is -0.481 e. The van der Waals surface area contributed by atoms with Crippen LogP contribution in [-0.4, -0.2) is 46.4 Å². The molecule has 2 N–H and O–H groups in total. The zero-order valence-electron chi connectivity index (χ0n) is 16.5. The van der Waals surface area contributed by atoms with Gasteiger partial charge in [0.2, 0.25) is 5.91 Å². The predicted molar refractivity (Wildman–Crippen MR) is 104 cm³/mol. The SMILES string of the molecule is CCC(CC)(CC(=O)O)NC(=O)C1CCCN(C(=O)c2ccc(C)cc2)C1. The number of hydrogen-bond donors (Lipinski definition) is 2. The van der Waals surface area contributed by atoms with Gasteiger partial charge in [0.1, 0.15) is 0 Å². The van der Waals surface area contributed by atoms with Crippen molar-refractivity contribution in [2.75, 3.05) is 13.1 Å². The molecule has 1 unspecified atom stereocenters. The van der Waals surface area contributed by atoms with E-state index < -0.39 is 11.5 Å². The monoisotopic (exact) mass is 374 g/mol. The van der Waals surface area contributed by atoms with E-state index in [9.17, 15) is 19.5 Å². The summed E-state index contributed by atoms with van der Waals surface area (Å²) in [5.74, 6) is -1.44. The number of aliphatic carboxylic acids is 1. The van der Waals surface area contributed by atoms with Crippen LogP contribution in [0.5, 0.6) is 0 Å². The Hall–Kier alpha value is -2.37. The second-order valence-corrected chi connectivity index (χ2v) is 7.50. The van der Waals surface area contributed by atoms with Gasteiger partial charge < -0.3 is 15.3 Å². The molecule has 1 atom stereocenters. The van der Waals surface area contributed by atoms with Crippen LogP contribution in [-0.2, 0) is 9.59 Å². The zero-order chi connectivity index (χ0) is 20.0. The van der Waals surface area contributed by atoms with E-state index in [0.717, 1.165) is 12.0 Å². The van der Waals surface area contributed by atoms with Crippen LogP contribution >= 0.6 is 0 Å². The second-order valence-electron chi connectivity index (χ2n) is 7.50. The van der Waals surface area contributed by atoms with E-state index in [2.05, 4.69) is 5.32 Å². The number of carbonyl (C=O) groups is 3. The van der Waals surface area contributed by atoms with Crippen LogP contribution in [0, 0.1) is 12.8 Å². The van der Waals surface area contributed by atoms with E-state index in [4.69, 9.17) is 0 Å². The highest BCUT2D eigenvalue weighted by molar-refractivity contribution is 5.94. The molecular formula is C21H30N2O4. The number of amides is 2. The van der Waals surface area contributed by atoms with Gasteiger partial charge in [0, 0.05) is 24.2 Å². The third-order valence-electron chi connectivity index (χ3n) is 5.61. The number of hydrogen-bond acceptors (Lipinski definition) is 3. The lowest BCUT2D eigenvalue weighted by Gasteiger charge is -2.36. The lowest BCUT2D eigenvalue weighted by Crippen LogP contribution is -2.53. The van der Waals surface area contributed by atoms with E-state index in [-0.39, 0.29) is 24.2 Å². The van der Waals surface area contributed by atoms with Gasteiger partial charge in [-0.25, -0.2) is 0 Å². The Bertz CT molecular complexity index is 680. The van der Waals surface area contributed by atoms with Crippen LogP contribution in [0.2, 0.25) is 0 Å². The molecule has 27 heavy (non-hydrogen) atoms. The third kappa shape index (κ3) is 5.31. The molecule has 1 aliphatic heterocycles. The molecule has 0 aromatic heterocycles. The Kier molecular flexibility index (Phi) is 6.99. The fourth-order valence-electron chi connectivity index (χ4n) is 3.63. The number of carboxylic acids is 1. The van der Waals surface area contributed by atoms with E-state index in [1.807, 2.05) is 45.0 Å². The highest BCUT2D eigenvalue weighted by Crippen LogP contribution is 2.24. The largest absolute Gasteiger partial charge is 0.481 e. The summed E-state index contributed by atoms with van der Waals surface area (Å²) in [7, 11) is 0. The maximum absolute atomic E-state index is 12.8. The minimum atomic E-state index is -0.918. The number of piperidine rings is 1. The Balaban J connectivity index is 2.05. The third-order valence-corrected chi connectivity index (χ3v) is 5.61. The summed E-state index contributed by atoms with van der Waals surface area (Å²) >= 11 is 0. The minimum absolute atomic E-state index is 0.0599. The fourth-order valence-corrected chi connectivity index (χ4v) is 3.63. The lowest BCUT2D eigenvalue weighted by molar-refractivity contribution is -0.139. The Morgan fingerprint density at radius 2 is 1.81 bits per heavy atom. The smallest absolute Gasteiger partial charge is 0.305 e. The Morgan fingerprint density at radius 1 is 1.19 bits per heavy atom. The summed E-state index contributed by atoms with van der Waals surface area (Å²) in [5.41, 5.74) is 0.993. The summed E-state index contributed by atoms with van der Waals surface area (Å²) in [4.78, 5) is 38.5. The number of carboxylic acid groups (broad SMARTS) is 1. The number of carbonyl (C=O) groups excluding carboxylic acids is 2. The van der Waals surface area contributed by atoms with Crippen molar-refractivity contribution in [1.82, 2.24) is 10.2 Å². The normalized spacial score (nSPS) is 17.4. The van der Waals surface area contributed by atoms with Gasteiger partial charge in [-0.05, 0) is 44.7 Å². The molecule has 0 radical (unpaired) electrons. The van der Waals surface area contributed by atoms with Gasteiger partial charge in [0.05, 0.1) is 12.3 Å². The molecule has 6 nitrogen and oxygen atoms in total. The molecule has 0 spiro atoms. The van der Waals surface area contributed by atoms with Crippen molar-refractivity contribution in [1.29, 1.82) is 0 Å². The molecule has 1 saturated heterocycles. The van der Waals surface area contributed by atoms with Gasteiger partial charge in [-0.3, -0.25) is 14.4 Å². The summed E-state index contributed by atoms with van der Waals surface area (Å²) in [5, 5.41) is 12.2. The second kappa shape index (κ2) is 9.02. The topological polar surface area (TPSA) is 86.7 Å². The average Bonchev–Trinajstić information content (AvgIpc) is 2.67. The van der Waals surface area contributed by atoms with Crippen molar-refractivity contribution in [3.63, 3.8) is 0 Å². The van der Waals surface area contributed by atoms with Gasteiger partial charge in [0.15, 0.2) is 0 Å². The molecule has 2 rings (SSSR count). The van der Waals surface area contributed by atoms with Crippen LogP contribution in [0.3, 0.4) is 0 Å².